The molecule has 2 heterocycles. The van der Waals surface area contributed by atoms with Gasteiger partial charge in [-0.25, -0.2) is 0 Å². The standard InChI is InChI=1S/C28H30N2O5/c1-2-34-28(33)23-10-6-16-29(20-23)26(31)18-21-12-14-24(15-13-21)30(19-22-8-4-3-5-9-22)27(32)25-11-7-17-35-25/h3-5,7-9,11-15,17,23H,2,6,10,16,18-20H2,1H3/t23-/m1/s1. The lowest BCUT2D eigenvalue weighted by Crippen LogP contribution is -2.43. The van der Waals surface area contributed by atoms with E-state index in [0.717, 1.165) is 24.0 Å². The summed E-state index contributed by atoms with van der Waals surface area (Å²) in [6, 6.07) is 20.5. The third-order valence-corrected chi connectivity index (χ3v) is 6.16. The summed E-state index contributed by atoms with van der Waals surface area (Å²) in [6.07, 6.45) is 3.26. The van der Waals surface area contributed by atoms with Crippen LogP contribution in [0.15, 0.2) is 77.4 Å². The molecular formula is C28H30N2O5. The second kappa shape index (κ2) is 11.5. The number of hydrogen-bond donors (Lipinski definition) is 0. The average molecular weight is 475 g/mol. The predicted octanol–water partition coefficient (Wildman–Crippen LogP) is 4.47. The fourth-order valence-electron chi connectivity index (χ4n) is 4.32. The number of rotatable bonds is 8. The van der Waals surface area contributed by atoms with E-state index in [1.54, 1.807) is 28.9 Å². The van der Waals surface area contributed by atoms with Gasteiger partial charge in [-0.15, -0.1) is 0 Å². The zero-order valence-corrected chi connectivity index (χ0v) is 19.9. The Balaban J connectivity index is 1.45. The van der Waals surface area contributed by atoms with Crippen molar-refractivity contribution < 1.29 is 23.5 Å². The molecule has 0 N–H and O–H groups in total. The number of anilines is 1. The molecule has 0 unspecified atom stereocenters. The van der Waals surface area contributed by atoms with Crippen LogP contribution in [0.25, 0.3) is 0 Å². The molecule has 0 saturated carbocycles. The van der Waals surface area contributed by atoms with Crippen molar-refractivity contribution in [3.8, 4) is 0 Å². The number of carbonyl (C=O) groups is 3. The Bertz CT molecular complexity index is 1130. The van der Waals surface area contributed by atoms with Gasteiger partial charge < -0.3 is 19.0 Å². The maximum atomic E-state index is 13.1. The summed E-state index contributed by atoms with van der Waals surface area (Å²) in [5.74, 6) is -0.467. The topological polar surface area (TPSA) is 80.1 Å². The van der Waals surface area contributed by atoms with Crippen molar-refractivity contribution in [2.75, 3.05) is 24.6 Å². The van der Waals surface area contributed by atoms with Crippen LogP contribution in [-0.4, -0.2) is 42.4 Å². The van der Waals surface area contributed by atoms with E-state index in [-0.39, 0.29) is 35.9 Å². The normalized spacial score (nSPS) is 15.5. The van der Waals surface area contributed by atoms with Crippen molar-refractivity contribution in [3.05, 3.63) is 89.9 Å². The molecule has 1 atom stereocenters. The number of benzene rings is 2. The van der Waals surface area contributed by atoms with Gasteiger partial charge in [-0.1, -0.05) is 42.5 Å². The molecule has 2 aromatic carbocycles. The monoisotopic (exact) mass is 474 g/mol. The molecule has 2 amide bonds. The SMILES string of the molecule is CCOC(=O)[C@@H]1CCCN(C(=O)Cc2ccc(N(Cc3ccccc3)C(=O)c3ccco3)cc2)C1. The molecule has 0 spiro atoms. The minimum Gasteiger partial charge on any atom is -0.466 e. The summed E-state index contributed by atoms with van der Waals surface area (Å²) in [6.45, 7) is 3.57. The number of ether oxygens (including phenoxy) is 1. The predicted molar refractivity (Wildman–Crippen MR) is 132 cm³/mol. The summed E-state index contributed by atoms with van der Waals surface area (Å²) >= 11 is 0. The molecule has 182 valence electrons. The van der Waals surface area contributed by atoms with Crippen LogP contribution < -0.4 is 4.90 Å². The number of carbonyl (C=O) groups excluding carboxylic acids is 3. The van der Waals surface area contributed by atoms with Crippen LogP contribution in [0.5, 0.6) is 0 Å². The van der Waals surface area contributed by atoms with Gasteiger partial charge in [0.05, 0.1) is 31.8 Å². The quantitative estimate of drug-likeness (QED) is 0.450. The molecule has 7 nitrogen and oxygen atoms in total. The zero-order chi connectivity index (χ0) is 24.6. The smallest absolute Gasteiger partial charge is 0.310 e. The molecular weight excluding hydrogens is 444 g/mol. The Morgan fingerprint density at radius 3 is 2.46 bits per heavy atom. The van der Waals surface area contributed by atoms with Gasteiger partial charge in [-0.2, -0.15) is 0 Å². The maximum Gasteiger partial charge on any atom is 0.310 e. The van der Waals surface area contributed by atoms with Gasteiger partial charge in [0.25, 0.3) is 5.91 Å². The van der Waals surface area contributed by atoms with E-state index in [1.807, 2.05) is 54.6 Å². The Kier molecular flexibility index (Phi) is 7.98. The van der Waals surface area contributed by atoms with Crippen molar-refractivity contribution >= 4 is 23.5 Å². The molecule has 4 rings (SSSR count). The van der Waals surface area contributed by atoms with Gasteiger partial charge in [0.1, 0.15) is 0 Å². The number of likely N-dealkylation sites (tertiary alicyclic amines) is 1. The first kappa shape index (κ1) is 24.3. The molecule has 0 aliphatic carbocycles. The second-order valence-corrected chi connectivity index (χ2v) is 8.63. The first-order chi connectivity index (χ1) is 17.0. The number of furan rings is 1. The average Bonchev–Trinajstić information content (AvgIpc) is 3.43. The highest BCUT2D eigenvalue weighted by Gasteiger charge is 2.29. The van der Waals surface area contributed by atoms with E-state index in [2.05, 4.69) is 0 Å². The van der Waals surface area contributed by atoms with Crippen molar-refractivity contribution in [3.63, 3.8) is 0 Å². The third kappa shape index (κ3) is 6.18. The highest BCUT2D eigenvalue weighted by Crippen LogP contribution is 2.23. The van der Waals surface area contributed by atoms with Gasteiger partial charge >= 0.3 is 5.97 Å². The van der Waals surface area contributed by atoms with E-state index < -0.39 is 0 Å². The lowest BCUT2D eigenvalue weighted by atomic mass is 9.97. The number of piperidine rings is 1. The Hall–Kier alpha value is -3.87. The summed E-state index contributed by atoms with van der Waals surface area (Å²) < 4.78 is 10.5. The van der Waals surface area contributed by atoms with E-state index >= 15 is 0 Å². The maximum absolute atomic E-state index is 13.1. The molecule has 1 aliphatic heterocycles. The first-order valence-corrected chi connectivity index (χ1v) is 12.0. The van der Waals surface area contributed by atoms with Crippen LogP contribution in [0, 0.1) is 5.92 Å². The lowest BCUT2D eigenvalue weighted by Gasteiger charge is -2.31. The molecule has 1 saturated heterocycles. The Morgan fingerprint density at radius 1 is 1.00 bits per heavy atom. The lowest BCUT2D eigenvalue weighted by molar-refractivity contribution is -0.151. The van der Waals surface area contributed by atoms with Crippen LogP contribution >= 0.6 is 0 Å². The van der Waals surface area contributed by atoms with Crippen LogP contribution in [0.1, 0.15) is 41.4 Å². The summed E-state index contributed by atoms with van der Waals surface area (Å²) in [5, 5.41) is 0. The van der Waals surface area contributed by atoms with Crippen LogP contribution in [0.3, 0.4) is 0 Å². The number of hydrogen-bond acceptors (Lipinski definition) is 5. The largest absolute Gasteiger partial charge is 0.466 e. The fourth-order valence-corrected chi connectivity index (χ4v) is 4.32. The van der Waals surface area contributed by atoms with Gasteiger partial charge in [-0.3, -0.25) is 14.4 Å². The van der Waals surface area contributed by atoms with Crippen molar-refractivity contribution in [1.29, 1.82) is 0 Å². The van der Waals surface area contributed by atoms with Crippen molar-refractivity contribution in [1.82, 2.24) is 4.90 Å². The Labute approximate surface area is 205 Å². The van der Waals surface area contributed by atoms with Gasteiger partial charge in [0.15, 0.2) is 5.76 Å². The van der Waals surface area contributed by atoms with Crippen LogP contribution in [0.4, 0.5) is 5.69 Å². The summed E-state index contributed by atoms with van der Waals surface area (Å²) in [4.78, 5) is 41.6. The van der Waals surface area contributed by atoms with Crippen molar-refractivity contribution in [2.24, 2.45) is 5.92 Å². The van der Waals surface area contributed by atoms with Crippen molar-refractivity contribution in [2.45, 2.75) is 32.7 Å². The fraction of sp³-hybridized carbons (Fsp3) is 0.321. The molecule has 3 aromatic rings. The number of esters is 1. The van der Waals surface area contributed by atoms with E-state index in [4.69, 9.17) is 9.15 Å². The molecule has 1 aliphatic rings. The van der Waals surface area contributed by atoms with Gasteiger partial charge in [-0.05, 0) is 55.2 Å². The number of amides is 2. The van der Waals surface area contributed by atoms with Gasteiger partial charge in [0, 0.05) is 18.8 Å². The Morgan fingerprint density at radius 2 is 1.77 bits per heavy atom. The minimum atomic E-state index is -0.255. The van der Waals surface area contributed by atoms with E-state index in [1.165, 1.54) is 6.26 Å². The third-order valence-electron chi connectivity index (χ3n) is 6.16. The second-order valence-electron chi connectivity index (χ2n) is 8.63. The molecule has 0 bridgehead atoms. The highest BCUT2D eigenvalue weighted by molar-refractivity contribution is 6.04. The summed E-state index contributed by atoms with van der Waals surface area (Å²) in [7, 11) is 0. The molecule has 7 heteroatoms. The molecule has 1 fully saturated rings. The zero-order valence-electron chi connectivity index (χ0n) is 19.9. The number of nitrogens with zero attached hydrogens (tertiary/aromatic N) is 2. The molecule has 0 radical (unpaired) electrons. The highest BCUT2D eigenvalue weighted by atomic mass is 16.5. The minimum absolute atomic E-state index is 0.0143. The molecule has 35 heavy (non-hydrogen) atoms. The van der Waals surface area contributed by atoms with E-state index in [0.29, 0.717) is 31.9 Å². The first-order valence-electron chi connectivity index (χ1n) is 12.0. The van der Waals surface area contributed by atoms with Gasteiger partial charge in [0.2, 0.25) is 5.91 Å². The van der Waals surface area contributed by atoms with E-state index in [9.17, 15) is 14.4 Å². The molecule has 1 aromatic heterocycles. The van der Waals surface area contributed by atoms with Crippen LogP contribution in [0.2, 0.25) is 0 Å². The van der Waals surface area contributed by atoms with Crippen LogP contribution in [-0.2, 0) is 27.3 Å². The summed E-state index contributed by atoms with van der Waals surface area (Å²) in [5.41, 5.74) is 2.56.